The zero-order valence-corrected chi connectivity index (χ0v) is 9.79. The van der Waals surface area contributed by atoms with Gasteiger partial charge in [0, 0.05) is 29.2 Å². The molecule has 1 aliphatic rings. The molecule has 1 aromatic heterocycles. The zero-order valence-electron chi connectivity index (χ0n) is 8.16. The molecule has 0 N–H and O–H groups in total. The number of hydrogen-bond acceptors (Lipinski definition) is 4. The van der Waals surface area contributed by atoms with Crippen molar-refractivity contribution < 1.29 is 4.79 Å². The Kier molecular flexibility index (Phi) is 3.23. The highest BCUT2D eigenvalue weighted by molar-refractivity contribution is 8.01. The predicted molar refractivity (Wildman–Crippen MR) is 60.0 cm³/mol. The molecule has 0 amide bonds. The van der Waals surface area contributed by atoms with Gasteiger partial charge in [-0.3, -0.25) is 4.79 Å². The predicted octanol–water partition coefficient (Wildman–Crippen LogP) is 3.06. The Hall–Kier alpha value is -0.350. The largest absolute Gasteiger partial charge is 0.300 e. The molecule has 1 aromatic rings. The van der Waals surface area contributed by atoms with Crippen LogP contribution in [0.1, 0.15) is 31.4 Å². The van der Waals surface area contributed by atoms with Crippen molar-refractivity contribution in [2.75, 3.05) is 0 Å². The van der Waals surface area contributed by atoms with Gasteiger partial charge in [-0.05, 0) is 19.8 Å². The number of thiazole rings is 1. The third-order valence-electron chi connectivity index (χ3n) is 2.30. The number of hydrogen-bond donors (Lipinski definition) is 0. The molecule has 14 heavy (non-hydrogen) atoms. The fourth-order valence-corrected chi connectivity index (χ4v) is 3.95. The molecule has 0 aromatic carbocycles. The van der Waals surface area contributed by atoms with Gasteiger partial charge in [0.25, 0.3) is 0 Å². The van der Waals surface area contributed by atoms with E-state index >= 15 is 0 Å². The highest BCUT2D eigenvalue weighted by atomic mass is 32.2. The lowest BCUT2D eigenvalue weighted by atomic mass is 9.99. The number of aryl methyl sites for hydroxylation is 1. The molecule has 1 fully saturated rings. The first kappa shape index (κ1) is 10.2. The Morgan fingerprint density at radius 3 is 3.14 bits per heavy atom. The minimum Gasteiger partial charge on any atom is -0.300 e. The minimum absolute atomic E-state index is 0.419. The maximum absolute atomic E-state index is 11.2. The summed E-state index contributed by atoms with van der Waals surface area (Å²) in [5.41, 5.74) is 1.08. The van der Waals surface area contributed by atoms with Crippen molar-refractivity contribution >= 4 is 28.9 Å². The number of thioether (sulfide) groups is 1. The van der Waals surface area contributed by atoms with E-state index in [4.69, 9.17) is 0 Å². The van der Waals surface area contributed by atoms with Crippen molar-refractivity contribution in [1.29, 1.82) is 0 Å². The quantitative estimate of drug-likeness (QED) is 0.778. The van der Waals surface area contributed by atoms with Crippen LogP contribution < -0.4 is 0 Å². The molecule has 2 nitrogen and oxygen atoms in total. The Labute approximate surface area is 92.1 Å². The van der Waals surface area contributed by atoms with Crippen molar-refractivity contribution in [2.45, 2.75) is 42.2 Å². The van der Waals surface area contributed by atoms with E-state index in [-0.39, 0.29) is 0 Å². The van der Waals surface area contributed by atoms with E-state index in [9.17, 15) is 4.79 Å². The van der Waals surface area contributed by atoms with E-state index in [0.29, 0.717) is 11.0 Å². The molecule has 2 rings (SSSR count). The van der Waals surface area contributed by atoms with Crippen LogP contribution in [-0.4, -0.2) is 16.0 Å². The summed E-state index contributed by atoms with van der Waals surface area (Å²) in [6.45, 7) is 2.01. The summed E-state index contributed by atoms with van der Waals surface area (Å²) in [5.74, 6) is 0.419. The van der Waals surface area contributed by atoms with Gasteiger partial charge in [0.1, 0.15) is 10.1 Å². The molecule has 0 saturated heterocycles. The number of ketones is 1. The average molecular weight is 227 g/mol. The summed E-state index contributed by atoms with van der Waals surface area (Å²) in [6.07, 6.45) is 3.74. The van der Waals surface area contributed by atoms with Gasteiger partial charge in [-0.15, -0.1) is 11.3 Å². The number of aromatic nitrogens is 1. The Morgan fingerprint density at radius 1 is 1.64 bits per heavy atom. The molecule has 4 heteroatoms. The van der Waals surface area contributed by atoms with Crippen LogP contribution in [0.4, 0.5) is 0 Å². The fourth-order valence-electron chi connectivity index (χ4n) is 1.61. The molecule has 0 bridgehead atoms. The lowest BCUT2D eigenvalue weighted by Crippen LogP contribution is -2.16. The van der Waals surface area contributed by atoms with Crippen LogP contribution >= 0.6 is 23.1 Å². The van der Waals surface area contributed by atoms with Gasteiger partial charge < -0.3 is 0 Å². The smallest absolute Gasteiger partial charge is 0.150 e. The number of nitrogens with zero attached hydrogens (tertiary/aromatic N) is 1. The molecule has 76 valence electrons. The third-order valence-corrected chi connectivity index (χ3v) is 4.66. The van der Waals surface area contributed by atoms with Gasteiger partial charge in [-0.1, -0.05) is 11.8 Å². The summed E-state index contributed by atoms with van der Waals surface area (Å²) in [4.78, 5) is 15.6. The van der Waals surface area contributed by atoms with E-state index in [1.807, 2.05) is 6.92 Å². The second-order valence-corrected chi connectivity index (χ2v) is 6.04. The molecular weight excluding hydrogens is 214 g/mol. The summed E-state index contributed by atoms with van der Waals surface area (Å²) < 4.78 is 1.11. The van der Waals surface area contributed by atoms with E-state index in [1.165, 1.54) is 0 Å². The topological polar surface area (TPSA) is 30.0 Å². The SMILES string of the molecule is Cc1csc(SC2CCCC(=O)C2)n1. The molecule has 0 spiro atoms. The second-order valence-electron chi connectivity index (χ2n) is 3.63. The fraction of sp³-hybridized carbons (Fsp3) is 0.600. The lowest BCUT2D eigenvalue weighted by Gasteiger charge is -2.18. The van der Waals surface area contributed by atoms with Crippen molar-refractivity contribution in [3.63, 3.8) is 0 Å². The van der Waals surface area contributed by atoms with Gasteiger partial charge in [0.2, 0.25) is 0 Å². The van der Waals surface area contributed by atoms with Gasteiger partial charge in [-0.2, -0.15) is 0 Å². The summed E-state index contributed by atoms with van der Waals surface area (Å²) >= 11 is 3.46. The number of carbonyl (C=O) groups excluding carboxylic acids is 1. The Balaban J connectivity index is 1.93. The van der Waals surface area contributed by atoms with Crippen LogP contribution in [-0.2, 0) is 4.79 Å². The highest BCUT2D eigenvalue weighted by Gasteiger charge is 2.21. The number of carbonyl (C=O) groups is 1. The second kappa shape index (κ2) is 4.45. The van der Waals surface area contributed by atoms with Gasteiger partial charge in [-0.25, -0.2) is 4.98 Å². The molecule has 1 saturated carbocycles. The van der Waals surface area contributed by atoms with Gasteiger partial charge in [0.15, 0.2) is 0 Å². The Bertz CT molecular complexity index is 335. The molecule has 1 unspecified atom stereocenters. The zero-order chi connectivity index (χ0) is 9.97. The van der Waals surface area contributed by atoms with Crippen LogP contribution in [0.3, 0.4) is 0 Å². The van der Waals surface area contributed by atoms with Crippen molar-refractivity contribution in [1.82, 2.24) is 4.98 Å². The maximum atomic E-state index is 11.2. The van der Waals surface area contributed by atoms with Crippen LogP contribution in [0.15, 0.2) is 9.72 Å². The van der Waals surface area contributed by atoms with Crippen molar-refractivity contribution in [3.8, 4) is 0 Å². The normalized spacial score (nSPS) is 22.6. The third kappa shape index (κ3) is 2.58. The first-order valence-corrected chi connectivity index (χ1v) is 6.60. The first-order valence-electron chi connectivity index (χ1n) is 4.84. The number of rotatable bonds is 2. The minimum atomic E-state index is 0.419. The monoisotopic (exact) mass is 227 g/mol. The molecule has 1 atom stereocenters. The highest BCUT2D eigenvalue weighted by Crippen LogP contribution is 2.33. The summed E-state index contributed by atoms with van der Waals surface area (Å²) in [5, 5.41) is 2.54. The summed E-state index contributed by atoms with van der Waals surface area (Å²) in [7, 11) is 0. The van der Waals surface area contributed by atoms with Crippen molar-refractivity contribution in [2.24, 2.45) is 0 Å². The van der Waals surface area contributed by atoms with Crippen LogP contribution in [0, 0.1) is 6.92 Å². The molecule has 0 aliphatic heterocycles. The van der Waals surface area contributed by atoms with Gasteiger partial charge in [0.05, 0.1) is 0 Å². The molecule has 1 aliphatic carbocycles. The first-order chi connectivity index (χ1) is 6.74. The number of Topliss-reactive ketones (excluding diaryl/α,β-unsaturated/α-hetero) is 1. The lowest BCUT2D eigenvalue weighted by molar-refractivity contribution is -0.120. The van der Waals surface area contributed by atoms with Gasteiger partial charge >= 0.3 is 0 Å². The van der Waals surface area contributed by atoms with Crippen LogP contribution in [0.25, 0.3) is 0 Å². The van der Waals surface area contributed by atoms with E-state index < -0.39 is 0 Å². The average Bonchev–Trinajstić information content (AvgIpc) is 2.51. The summed E-state index contributed by atoms with van der Waals surface area (Å²) in [6, 6.07) is 0. The van der Waals surface area contributed by atoms with Crippen molar-refractivity contribution in [3.05, 3.63) is 11.1 Å². The molecular formula is C10H13NOS2. The maximum Gasteiger partial charge on any atom is 0.150 e. The van der Waals surface area contributed by atoms with E-state index in [2.05, 4.69) is 10.4 Å². The van der Waals surface area contributed by atoms with E-state index in [0.717, 1.165) is 35.7 Å². The van der Waals surface area contributed by atoms with E-state index in [1.54, 1.807) is 23.1 Å². The van der Waals surface area contributed by atoms with Crippen LogP contribution in [0.2, 0.25) is 0 Å². The standard InChI is InChI=1S/C10H13NOS2/c1-7-6-13-10(11-7)14-9-4-2-3-8(12)5-9/h6,9H,2-5H2,1H3. The Morgan fingerprint density at radius 2 is 2.50 bits per heavy atom. The molecule has 1 heterocycles. The molecule has 0 radical (unpaired) electrons. The van der Waals surface area contributed by atoms with Crippen LogP contribution in [0.5, 0.6) is 0 Å².